The van der Waals surface area contributed by atoms with Crippen molar-refractivity contribution in [3.8, 4) is 0 Å². The number of nitrogens with zero attached hydrogens (tertiary/aromatic N) is 1. The van der Waals surface area contributed by atoms with E-state index in [9.17, 15) is 9.59 Å². The van der Waals surface area contributed by atoms with Gasteiger partial charge in [0.05, 0.1) is 12.5 Å². The van der Waals surface area contributed by atoms with E-state index >= 15 is 0 Å². The van der Waals surface area contributed by atoms with E-state index in [1.54, 1.807) is 6.92 Å². The monoisotopic (exact) mass is 215 g/mol. The van der Waals surface area contributed by atoms with Crippen molar-refractivity contribution in [2.45, 2.75) is 52.6 Å². The van der Waals surface area contributed by atoms with Crippen LogP contribution in [0.4, 0.5) is 0 Å². The molecule has 4 nitrogen and oxygen atoms in total. The van der Waals surface area contributed by atoms with Crippen molar-refractivity contribution in [3.63, 3.8) is 0 Å². The third-order valence-electron chi connectivity index (χ3n) is 2.83. The van der Waals surface area contributed by atoms with Crippen LogP contribution in [0, 0.1) is 0 Å². The molecule has 0 bridgehead atoms. The van der Waals surface area contributed by atoms with Gasteiger partial charge in [0.2, 0.25) is 0 Å². The lowest BCUT2D eigenvalue weighted by molar-refractivity contribution is -0.138. The minimum atomic E-state index is -0.820. The van der Waals surface area contributed by atoms with Gasteiger partial charge in [-0.05, 0) is 27.2 Å². The van der Waals surface area contributed by atoms with E-state index < -0.39 is 5.97 Å². The molecule has 0 amide bonds. The minimum absolute atomic E-state index is 0.0840. The zero-order valence-electron chi connectivity index (χ0n) is 9.99. The standard InChI is InChI=1S/C11H21NO3/c1-5-8(2)12(7-6-11(14)15)9(3)10(4)13/h8-9H,5-7H2,1-4H3,(H,14,15). The van der Waals surface area contributed by atoms with Gasteiger partial charge in [0, 0.05) is 12.6 Å². The molecule has 15 heavy (non-hydrogen) atoms. The molecule has 0 aliphatic rings. The highest BCUT2D eigenvalue weighted by Gasteiger charge is 2.22. The van der Waals surface area contributed by atoms with Crippen molar-refractivity contribution in [2.24, 2.45) is 0 Å². The summed E-state index contributed by atoms with van der Waals surface area (Å²) in [4.78, 5) is 23.7. The van der Waals surface area contributed by atoms with Crippen molar-refractivity contribution in [1.29, 1.82) is 0 Å². The molecule has 88 valence electrons. The molecule has 0 aliphatic carbocycles. The van der Waals surface area contributed by atoms with Crippen LogP contribution >= 0.6 is 0 Å². The molecule has 0 aromatic heterocycles. The maximum Gasteiger partial charge on any atom is 0.304 e. The van der Waals surface area contributed by atoms with Crippen molar-refractivity contribution < 1.29 is 14.7 Å². The molecule has 2 atom stereocenters. The van der Waals surface area contributed by atoms with Crippen LogP contribution in [0.2, 0.25) is 0 Å². The first-order chi connectivity index (χ1) is 6.90. The average molecular weight is 215 g/mol. The summed E-state index contributed by atoms with van der Waals surface area (Å²) in [6.07, 6.45) is 0.999. The van der Waals surface area contributed by atoms with Crippen LogP contribution < -0.4 is 0 Å². The number of carbonyl (C=O) groups excluding carboxylic acids is 1. The number of hydrogen-bond donors (Lipinski definition) is 1. The fourth-order valence-corrected chi connectivity index (χ4v) is 1.49. The normalized spacial score (nSPS) is 15.0. The van der Waals surface area contributed by atoms with Gasteiger partial charge < -0.3 is 5.11 Å². The quantitative estimate of drug-likeness (QED) is 0.700. The summed E-state index contributed by atoms with van der Waals surface area (Å²) in [6, 6.07) is 0.0440. The molecule has 0 aromatic rings. The lowest BCUT2D eigenvalue weighted by atomic mass is 10.1. The van der Waals surface area contributed by atoms with Gasteiger partial charge in [-0.1, -0.05) is 6.92 Å². The third-order valence-corrected chi connectivity index (χ3v) is 2.83. The van der Waals surface area contributed by atoms with Gasteiger partial charge in [0.15, 0.2) is 0 Å². The number of carboxylic acid groups (broad SMARTS) is 1. The Kier molecular flexibility index (Phi) is 6.17. The van der Waals surface area contributed by atoms with Crippen LogP contribution in [0.3, 0.4) is 0 Å². The third kappa shape index (κ3) is 4.93. The Morgan fingerprint density at radius 1 is 1.33 bits per heavy atom. The molecule has 0 fully saturated rings. The van der Waals surface area contributed by atoms with Gasteiger partial charge >= 0.3 is 5.97 Å². The molecular weight excluding hydrogens is 194 g/mol. The maximum atomic E-state index is 11.3. The van der Waals surface area contributed by atoms with E-state index in [0.717, 1.165) is 6.42 Å². The number of hydrogen-bond acceptors (Lipinski definition) is 3. The SMILES string of the molecule is CCC(C)N(CCC(=O)O)C(C)C(C)=O. The molecule has 0 rings (SSSR count). The maximum absolute atomic E-state index is 11.3. The summed E-state index contributed by atoms with van der Waals surface area (Å²) < 4.78 is 0. The Labute approximate surface area is 91.3 Å². The van der Waals surface area contributed by atoms with Gasteiger partial charge in [-0.3, -0.25) is 14.5 Å². The second-order valence-electron chi connectivity index (χ2n) is 3.93. The fraction of sp³-hybridized carbons (Fsp3) is 0.818. The fourth-order valence-electron chi connectivity index (χ4n) is 1.49. The molecule has 0 aromatic carbocycles. The second kappa shape index (κ2) is 6.56. The number of carbonyl (C=O) groups is 2. The van der Waals surface area contributed by atoms with E-state index in [0.29, 0.717) is 6.54 Å². The number of Topliss-reactive ketones (excluding diaryl/α,β-unsaturated/α-hetero) is 1. The number of rotatable bonds is 7. The summed E-state index contributed by atoms with van der Waals surface area (Å²) in [5.41, 5.74) is 0. The molecule has 4 heteroatoms. The summed E-state index contributed by atoms with van der Waals surface area (Å²) in [5, 5.41) is 8.63. The Balaban J connectivity index is 4.43. The highest BCUT2D eigenvalue weighted by Crippen LogP contribution is 2.10. The summed E-state index contributed by atoms with van der Waals surface area (Å²) in [7, 11) is 0. The van der Waals surface area contributed by atoms with E-state index in [1.165, 1.54) is 0 Å². The predicted octanol–water partition coefficient (Wildman–Crippen LogP) is 1.54. The average Bonchev–Trinajstić information content (AvgIpc) is 2.16. The molecular formula is C11H21NO3. The van der Waals surface area contributed by atoms with E-state index in [-0.39, 0.29) is 24.3 Å². The van der Waals surface area contributed by atoms with Gasteiger partial charge in [0.1, 0.15) is 5.78 Å². The molecule has 2 unspecified atom stereocenters. The molecule has 0 saturated heterocycles. The van der Waals surface area contributed by atoms with Crippen molar-refractivity contribution in [1.82, 2.24) is 4.90 Å². The van der Waals surface area contributed by atoms with Crippen LogP contribution in [-0.4, -0.2) is 40.4 Å². The van der Waals surface area contributed by atoms with Crippen molar-refractivity contribution >= 4 is 11.8 Å². The summed E-state index contributed by atoms with van der Waals surface area (Å²) in [6.45, 7) is 7.86. The number of ketones is 1. The molecule has 0 aliphatic heterocycles. The second-order valence-corrected chi connectivity index (χ2v) is 3.93. The van der Waals surface area contributed by atoms with Crippen LogP contribution in [0.15, 0.2) is 0 Å². The Morgan fingerprint density at radius 2 is 1.87 bits per heavy atom. The Bertz CT molecular complexity index is 228. The highest BCUT2D eigenvalue weighted by atomic mass is 16.4. The van der Waals surface area contributed by atoms with E-state index in [4.69, 9.17) is 5.11 Å². The van der Waals surface area contributed by atoms with Crippen molar-refractivity contribution in [2.75, 3.05) is 6.54 Å². The van der Waals surface area contributed by atoms with Gasteiger partial charge in [-0.2, -0.15) is 0 Å². The first-order valence-corrected chi connectivity index (χ1v) is 5.38. The van der Waals surface area contributed by atoms with Gasteiger partial charge in [-0.25, -0.2) is 0 Å². The summed E-state index contributed by atoms with van der Waals surface area (Å²) in [5.74, 6) is -0.736. The Hall–Kier alpha value is -0.900. The molecule has 0 heterocycles. The first-order valence-electron chi connectivity index (χ1n) is 5.38. The highest BCUT2D eigenvalue weighted by molar-refractivity contribution is 5.81. The topological polar surface area (TPSA) is 57.6 Å². The smallest absolute Gasteiger partial charge is 0.304 e. The number of carboxylic acids is 1. The van der Waals surface area contributed by atoms with Crippen LogP contribution in [0.1, 0.15) is 40.5 Å². The van der Waals surface area contributed by atoms with Crippen LogP contribution in [0.25, 0.3) is 0 Å². The number of aliphatic carboxylic acids is 1. The zero-order valence-corrected chi connectivity index (χ0v) is 9.99. The summed E-state index contributed by atoms with van der Waals surface area (Å²) >= 11 is 0. The minimum Gasteiger partial charge on any atom is -0.481 e. The lowest BCUT2D eigenvalue weighted by Gasteiger charge is -2.32. The zero-order chi connectivity index (χ0) is 12.0. The van der Waals surface area contributed by atoms with Gasteiger partial charge in [0.25, 0.3) is 0 Å². The van der Waals surface area contributed by atoms with E-state index in [2.05, 4.69) is 0 Å². The first kappa shape index (κ1) is 14.1. The van der Waals surface area contributed by atoms with Crippen LogP contribution in [-0.2, 0) is 9.59 Å². The van der Waals surface area contributed by atoms with Crippen molar-refractivity contribution in [3.05, 3.63) is 0 Å². The molecule has 0 radical (unpaired) electrons. The molecule has 0 saturated carbocycles. The largest absolute Gasteiger partial charge is 0.481 e. The molecule has 1 N–H and O–H groups in total. The van der Waals surface area contributed by atoms with Crippen LogP contribution in [0.5, 0.6) is 0 Å². The van der Waals surface area contributed by atoms with Gasteiger partial charge in [-0.15, -0.1) is 0 Å². The predicted molar refractivity (Wildman–Crippen MR) is 58.9 cm³/mol. The Morgan fingerprint density at radius 3 is 2.20 bits per heavy atom. The lowest BCUT2D eigenvalue weighted by Crippen LogP contribution is -2.44. The van der Waals surface area contributed by atoms with E-state index in [1.807, 2.05) is 25.7 Å². The molecule has 0 spiro atoms.